The van der Waals surface area contributed by atoms with Gasteiger partial charge in [0, 0.05) is 49.3 Å². The second kappa shape index (κ2) is 13.0. The number of pyridine rings is 1. The molecule has 0 aliphatic carbocycles. The lowest BCUT2D eigenvalue weighted by Gasteiger charge is -2.41. The number of oxazole rings is 1. The Morgan fingerprint density at radius 2 is 1.96 bits per heavy atom. The molecule has 3 aromatic heterocycles. The molecule has 2 bridgehead atoms. The van der Waals surface area contributed by atoms with Crippen LogP contribution < -0.4 is 9.64 Å². The van der Waals surface area contributed by atoms with E-state index in [9.17, 15) is 18.7 Å². The van der Waals surface area contributed by atoms with E-state index in [4.69, 9.17) is 20.6 Å². The molecule has 54 heavy (non-hydrogen) atoms. The fourth-order valence-electron chi connectivity index (χ4n) is 8.92. The molecule has 4 saturated heterocycles. The van der Waals surface area contributed by atoms with Gasteiger partial charge < -0.3 is 24.1 Å². The number of hydrogen-bond donors (Lipinski definition) is 1. The van der Waals surface area contributed by atoms with Crippen molar-refractivity contribution in [2.75, 3.05) is 37.7 Å². The SMILES string of the molecule is C#Cc1c(F)ccc2cc(O)cc(-c3ncc4c(N5C[C@H]6CC[C@@H](C5)N6C(=O)/C(F)=C/c5ncco5)nc(OC[C@@]56CCCN5C[C@H](F)C6)nc4c3F)c12. The molecule has 1 N–H and O–H groups in total. The zero-order chi connectivity index (χ0) is 37.3. The van der Waals surface area contributed by atoms with Gasteiger partial charge in [0.2, 0.25) is 5.89 Å². The van der Waals surface area contributed by atoms with Gasteiger partial charge in [0.05, 0.1) is 34.8 Å². The number of phenolic OH excluding ortho intramolecular Hbond substituents is 1. The monoisotopic (exact) mass is 739 g/mol. The Morgan fingerprint density at radius 3 is 2.72 bits per heavy atom. The Balaban J connectivity index is 1.13. The third-order valence-corrected chi connectivity index (χ3v) is 11.2. The number of aromatic hydroxyl groups is 1. The maximum absolute atomic E-state index is 17.0. The van der Waals surface area contributed by atoms with Crippen molar-refractivity contribution in [3.05, 3.63) is 71.8 Å². The van der Waals surface area contributed by atoms with Crippen LogP contribution in [0.25, 0.3) is 39.0 Å². The predicted octanol–water partition coefficient (Wildman–Crippen LogP) is 5.94. The van der Waals surface area contributed by atoms with Crippen LogP contribution in [0.15, 0.2) is 53.2 Å². The number of carbonyl (C=O) groups is 1. The summed E-state index contributed by atoms with van der Waals surface area (Å²) < 4.78 is 73.0. The number of anilines is 1. The van der Waals surface area contributed by atoms with Crippen LogP contribution in [-0.2, 0) is 4.79 Å². The first-order valence-electron chi connectivity index (χ1n) is 17.8. The number of benzene rings is 2. The van der Waals surface area contributed by atoms with E-state index in [1.54, 1.807) is 0 Å². The zero-order valence-corrected chi connectivity index (χ0v) is 28.8. The van der Waals surface area contributed by atoms with Gasteiger partial charge in [0.1, 0.15) is 47.6 Å². The summed E-state index contributed by atoms with van der Waals surface area (Å²) in [7, 11) is 0. The number of nitrogens with zero attached hydrogens (tertiary/aromatic N) is 7. The zero-order valence-electron chi connectivity index (χ0n) is 28.8. The summed E-state index contributed by atoms with van der Waals surface area (Å²) in [6.45, 7) is 1.63. The molecular formula is C39H33F4N7O4. The summed E-state index contributed by atoms with van der Waals surface area (Å²) in [5, 5.41) is 11.4. The molecule has 7 heterocycles. The van der Waals surface area contributed by atoms with E-state index in [-0.39, 0.29) is 70.5 Å². The van der Waals surface area contributed by atoms with Gasteiger partial charge in [-0.25, -0.2) is 22.5 Å². The fourth-order valence-corrected chi connectivity index (χ4v) is 8.92. The smallest absolute Gasteiger partial charge is 0.319 e. The Morgan fingerprint density at radius 1 is 1.15 bits per heavy atom. The van der Waals surface area contributed by atoms with Crippen molar-refractivity contribution in [3.63, 3.8) is 0 Å². The normalized spacial score (nSPS) is 24.1. The summed E-state index contributed by atoms with van der Waals surface area (Å²) >= 11 is 0. The van der Waals surface area contributed by atoms with E-state index in [1.165, 1.54) is 47.8 Å². The number of alkyl halides is 1. The molecule has 1 amide bonds. The summed E-state index contributed by atoms with van der Waals surface area (Å²) in [5.41, 5.74) is -0.985. The summed E-state index contributed by atoms with van der Waals surface area (Å²) in [5.74, 6) is -0.966. The van der Waals surface area contributed by atoms with Gasteiger partial charge in [-0.15, -0.1) is 6.42 Å². The first-order valence-corrected chi connectivity index (χ1v) is 17.8. The number of aromatic nitrogens is 4. The van der Waals surface area contributed by atoms with Gasteiger partial charge in [-0.1, -0.05) is 12.0 Å². The van der Waals surface area contributed by atoms with E-state index in [0.29, 0.717) is 37.0 Å². The van der Waals surface area contributed by atoms with Crippen molar-refractivity contribution in [1.82, 2.24) is 29.7 Å². The van der Waals surface area contributed by atoms with Crippen molar-refractivity contribution in [2.24, 2.45) is 0 Å². The fraction of sp³-hybridized carbons (Fsp3) is 0.359. The molecule has 2 aromatic carbocycles. The molecule has 9 rings (SSSR count). The van der Waals surface area contributed by atoms with Crippen LogP contribution in [0, 0.1) is 24.0 Å². The second-order valence-electron chi connectivity index (χ2n) is 14.4. The highest BCUT2D eigenvalue weighted by molar-refractivity contribution is 6.03. The third kappa shape index (κ3) is 5.58. The number of ether oxygens (including phenoxy) is 1. The summed E-state index contributed by atoms with van der Waals surface area (Å²) in [6.07, 6.45) is 12.8. The van der Waals surface area contributed by atoms with E-state index in [0.717, 1.165) is 25.5 Å². The number of amides is 1. The van der Waals surface area contributed by atoms with Crippen molar-refractivity contribution in [2.45, 2.75) is 55.9 Å². The Labute approximate surface area is 306 Å². The Bertz CT molecular complexity index is 2390. The minimum atomic E-state index is -1.00. The summed E-state index contributed by atoms with van der Waals surface area (Å²) in [6, 6.07) is 4.35. The van der Waals surface area contributed by atoms with Crippen molar-refractivity contribution in [1.29, 1.82) is 0 Å². The van der Waals surface area contributed by atoms with Crippen LogP contribution in [0.1, 0.15) is 43.6 Å². The molecule has 4 aliphatic rings. The minimum absolute atomic E-state index is 0.0278. The molecule has 4 fully saturated rings. The molecule has 4 atom stereocenters. The topological polar surface area (TPSA) is 121 Å². The number of hydrogen-bond acceptors (Lipinski definition) is 10. The van der Waals surface area contributed by atoms with E-state index < -0.39 is 47.2 Å². The minimum Gasteiger partial charge on any atom is -0.508 e. The first-order chi connectivity index (χ1) is 26.1. The van der Waals surface area contributed by atoms with E-state index in [2.05, 4.69) is 25.8 Å². The quantitative estimate of drug-likeness (QED) is 0.122. The molecule has 15 heteroatoms. The highest BCUT2D eigenvalue weighted by Crippen LogP contribution is 2.43. The van der Waals surface area contributed by atoms with Gasteiger partial charge in [-0.3, -0.25) is 14.7 Å². The molecule has 5 aromatic rings. The molecule has 0 radical (unpaired) electrons. The van der Waals surface area contributed by atoms with Crippen LogP contribution in [0.2, 0.25) is 0 Å². The van der Waals surface area contributed by atoms with Crippen LogP contribution in [-0.4, -0.2) is 97.3 Å². The highest BCUT2D eigenvalue weighted by Gasteiger charge is 2.50. The standard InChI is InChI=1S/C39H33F4N7O4/c1-2-26-29(41)7-4-21-12-25(51)13-27(32(21)26)34-33(43)35-28(16-45-34)36(47-38(46-35)54-20-39-8-3-10-49(39)17-22(40)15-39)48-18-23-5-6-24(19-48)50(23)37(52)30(42)14-31-44-9-11-53-31/h1,4,7,9,11-14,16,22-24,51H,3,5-6,8,10,15,17-20H2/b30-14-/t22-,23-,24+,39+/m1/s1. The van der Waals surface area contributed by atoms with Gasteiger partial charge in [-0.05, 0) is 55.8 Å². The average Bonchev–Trinajstić information content (AvgIpc) is 3.93. The van der Waals surface area contributed by atoms with E-state index >= 15 is 8.78 Å². The Kier molecular flexibility index (Phi) is 8.18. The number of piperazine rings is 1. The summed E-state index contributed by atoms with van der Waals surface area (Å²) in [4.78, 5) is 36.4. The number of terminal acetylenes is 1. The van der Waals surface area contributed by atoms with E-state index in [1.807, 2.05) is 4.90 Å². The van der Waals surface area contributed by atoms with Crippen molar-refractivity contribution in [3.8, 4) is 35.4 Å². The molecular weight excluding hydrogens is 706 g/mol. The maximum Gasteiger partial charge on any atom is 0.319 e. The highest BCUT2D eigenvalue weighted by atomic mass is 19.1. The number of rotatable bonds is 7. The number of fused-ring (bicyclic) bond motifs is 5. The van der Waals surface area contributed by atoms with Crippen LogP contribution in [0.5, 0.6) is 11.8 Å². The lowest BCUT2D eigenvalue weighted by atomic mass is 9.95. The molecule has 4 aliphatic heterocycles. The van der Waals surface area contributed by atoms with Crippen LogP contribution in [0.4, 0.5) is 23.4 Å². The molecule has 0 spiro atoms. The lowest BCUT2D eigenvalue weighted by molar-refractivity contribution is -0.131. The average molecular weight is 740 g/mol. The first kappa shape index (κ1) is 34.0. The van der Waals surface area contributed by atoms with Gasteiger partial charge in [0.25, 0.3) is 5.91 Å². The molecule has 0 saturated carbocycles. The molecule has 11 nitrogen and oxygen atoms in total. The number of halogens is 4. The maximum atomic E-state index is 17.0. The van der Waals surface area contributed by atoms with Crippen molar-refractivity contribution >= 4 is 39.5 Å². The second-order valence-corrected chi connectivity index (χ2v) is 14.4. The largest absolute Gasteiger partial charge is 0.508 e. The van der Waals surface area contributed by atoms with Crippen LogP contribution >= 0.6 is 0 Å². The lowest BCUT2D eigenvalue weighted by Crippen LogP contribution is -2.56. The van der Waals surface area contributed by atoms with Gasteiger partial charge in [-0.2, -0.15) is 9.97 Å². The molecule has 276 valence electrons. The van der Waals surface area contributed by atoms with Gasteiger partial charge >= 0.3 is 6.01 Å². The van der Waals surface area contributed by atoms with Crippen molar-refractivity contribution < 1.29 is 36.6 Å². The Hall–Kier alpha value is -5.75. The van der Waals surface area contributed by atoms with Gasteiger partial charge in [0.15, 0.2) is 11.6 Å². The molecule has 0 unspecified atom stereocenters. The third-order valence-electron chi connectivity index (χ3n) is 11.2. The predicted molar refractivity (Wildman–Crippen MR) is 190 cm³/mol. The number of carbonyl (C=O) groups excluding carboxylic acids is 1. The van der Waals surface area contributed by atoms with Crippen LogP contribution in [0.3, 0.4) is 0 Å². The number of phenols is 1.